The predicted molar refractivity (Wildman–Crippen MR) is 75.2 cm³/mol. The molecule has 0 unspecified atom stereocenters. The Morgan fingerprint density at radius 3 is 2.30 bits per heavy atom. The first-order chi connectivity index (χ1) is 9.26. The van der Waals surface area contributed by atoms with E-state index in [1.165, 1.54) is 0 Å². The van der Waals surface area contributed by atoms with E-state index >= 15 is 0 Å². The van der Waals surface area contributed by atoms with Gasteiger partial charge in [-0.1, -0.05) is 29.8 Å². The first-order valence-corrected chi connectivity index (χ1v) is 6.44. The second-order valence-corrected chi connectivity index (χ2v) is 5.50. The summed E-state index contributed by atoms with van der Waals surface area (Å²) in [7, 11) is 0. The van der Waals surface area contributed by atoms with Crippen LogP contribution in [0.15, 0.2) is 24.3 Å². The van der Waals surface area contributed by atoms with Crippen LogP contribution >= 0.6 is 0 Å². The summed E-state index contributed by atoms with van der Waals surface area (Å²) in [6.45, 7) is 7.23. The molecule has 20 heavy (non-hydrogen) atoms. The van der Waals surface area contributed by atoms with Gasteiger partial charge < -0.3 is 14.8 Å². The van der Waals surface area contributed by atoms with E-state index in [0.717, 1.165) is 11.1 Å². The predicted octanol–water partition coefficient (Wildman–Crippen LogP) is 2.56. The van der Waals surface area contributed by atoms with Crippen molar-refractivity contribution < 1.29 is 19.1 Å². The highest BCUT2D eigenvalue weighted by Gasteiger charge is 2.16. The number of alkyl carbamates (subject to hydrolysis) is 1. The van der Waals surface area contributed by atoms with Crippen LogP contribution in [0.4, 0.5) is 4.79 Å². The highest BCUT2D eigenvalue weighted by molar-refractivity contribution is 5.77. The van der Waals surface area contributed by atoms with Gasteiger partial charge in [-0.3, -0.25) is 4.79 Å². The minimum atomic E-state index is -0.634. The number of nitrogens with one attached hydrogen (secondary N) is 1. The summed E-state index contributed by atoms with van der Waals surface area (Å²) in [5.41, 5.74) is 1.46. The molecule has 1 N–H and O–H groups in total. The fourth-order valence-electron chi connectivity index (χ4n) is 1.36. The van der Waals surface area contributed by atoms with Crippen molar-refractivity contribution in [3.05, 3.63) is 35.4 Å². The van der Waals surface area contributed by atoms with E-state index in [4.69, 9.17) is 9.47 Å². The lowest BCUT2D eigenvalue weighted by atomic mass is 10.2. The molecule has 0 bridgehead atoms. The van der Waals surface area contributed by atoms with Gasteiger partial charge in [-0.2, -0.15) is 0 Å². The molecule has 0 saturated carbocycles. The van der Waals surface area contributed by atoms with E-state index in [1.54, 1.807) is 20.8 Å². The third kappa shape index (κ3) is 6.78. The minimum absolute atomic E-state index is 0.190. The smallest absolute Gasteiger partial charge is 0.408 e. The molecule has 0 radical (unpaired) electrons. The second kappa shape index (κ2) is 6.93. The summed E-state index contributed by atoms with van der Waals surface area (Å²) < 4.78 is 10.0. The Morgan fingerprint density at radius 1 is 1.15 bits per heavy atom. The lowest BCUT2D eigenvalue weighted by Crippen LogP contribution is -2.36. The van der Waals surface area contributed by atoms with Gasteiger partial charge in [0.2, 0.25) is 0 Å². The molecule has 0 spiro atoms. The maximum atomic E-state index is 11.5. The van der Waals surface area contributed by atoms with E-state index in [0.29, 0.717) is 0 Å². The molecule has 1 aromatic carbocycles. The van der Waals surface area contributed by atoms with Crippen molar-refractivity contribution in [3.63, 3.8) is 0 Å². The van der Waals surface area contributed by atoms with Crippen LogP contribution < -0.4 is 5.32 Å². The number of amides is 1. The van der Waals surface area contributed by atoms with Crippen LogP contribution in [0.1, 0.15) is 31.9 Å². The molecule has 5 heteroatoms. The zero-order valence-electron chi connectivity index (χ0n) is 12.4. The highest BCUT2D eigenvalue weighted by atomic mass is 16.6. The molecule has 1 amide bonds. The number of hydrogen-bond acceptors (Lipinski definition) is 4. The van der Waals surface area contributed by atoms with Crippen molar-refractivity contribution in [1.29, 1.82) is 0 Å². The van der Waals surface area contributed by atoms with E-state index < -0.39 is 17.7 Å². The van der Waals surface area contributed by atoms with Gasteiger partial charge in [0.1, 0.15) is 18.8 Å². The highest BCUT2D eigenvalue weighted by Crippen LogP contribution is 2.06. The number of carbonyl (C=O) groups excluding carboxylic acids is 2. The zero-order chi connectivity index (χ0) is 15.2. The van der Waals surface area contributed by atoms with Crippen LogP contribution in [0, 0.1) is 6.92 Å². The van der Waals surface area contributed by atoms with Gasteiger partial charge >= 0.3 is 12.1 Å². The monoisotopic (exact) mass is 279 g/mol. The number of rotatable bonds is 4. The average Bonchev–Trinajstić information content (AvgIpc) is 2.33. The van der Waals surface area contributed by atoms with Crippen LogP contribution in [-0.2, 0) is 20.9 Å². The van der Waals surface area contributed by atoms with Gasteiger partial charge in [-0.15, -0.1) is 0 Å². The van der Waals surface area contributed by atoms with Gasteiger partial charge in [0.05, 0.1) is 0 Å². The van der Waals surface area contributed by atoms with Crippen molar-refractivity contribution in [2.45, 2.75) is 39.9 Å². The topological polar surface area (TPSA) is 64.6 Å². The Kier molecular flexibility index (Phi) is 5.55. The Balaban J connectivity index is 2.27. The summed E-state index contributed by atoms with van der Waals surface area (Å²) in [6, 6.07) is 7.68. The quantitative estimate of drug-likeness (QED) is 0.860. The summed E-state index contributed by atoms with van der Waals surface area (Å²) in [4.78, 5) is 22.8. The van der Waals surface area contributed by atoms with E-state index in [1.807, 2.05) is 31.2 Å². The summed E-state index contributed by atoms with van der Waals surface area (Å²) in [6.07, 6.45) is -0.634. The summed E-state index contributed by atoms with van der Waals surface area (Å²) >= 11 is 0. The van der Waals surface area contributed by atoms with Crippen molar-refractivity contribution in [1.82, 2.24) is 5.32 Å². The van der Waals surface area contributed by atoms with Gasteiger partial charge in [0.15, 0.2) is 0 Å². The van der Waals surface area contributed by atoms with Crippen LogP contribution in [0.5, 0.6) is 0 Å². The van der Waals surface area contributed by atoms with E-state index in [9.17, 15) is 9.59 Å². The fraction of sp³-hybridized carbons (Fsp3) is 0.467. The Labute approximate surface area is 119 Å². The first-order valence-electron chi connectivity index (χ1n) is 6.44. The largest absolute Gasteiger partial charge is 0.460 e. The fourth-order valence-corrected chi connectivity index (χ4v) is 1.36. The number of hydrogen-bond donors (Lipinski definition) is 1. The van der Waals surface area contributed by atoms with E-state index in [-0.39, 0.29) is 13.2 Å². The molecule has 0 aliphatic carbocycles. The number of carbonyl (C=O) groups is 2. The molecule has 0 aliphatic heterocycles. The number of esters is 1. The van der Waals surface area contributed by atoms with E-state index in [2.05, 4.69) is 5.32 Å². The third-order valence-electron chi connectivity index (χ3n) is 2.30. The zero-order valence-corrected chi connectivity index (χ0v) is 12.4. The third-order valence-corrected chi connectivity index (χ3v) is 2.30. The second-order valence-electron chi connectivity index (χ2n) is 5.50. The molecule has 1 aromatic rings. The maximum absolute atomic E-state index is 11.5. The normalized spacial score (nSPS) is 10.8. The first kappa shape index (κ1) is 16.0. The molecule has 110 valence electrons. The van der Waals surface area contributed by atoms with Crippen molar-refractivity contribution in [3.8, 4) is 0 Å². The van der Waals surface area contributed by atoms with Gasteiger partial charge in [0, 0.05) is 0 Å². The molecule has 0 aromatic heterocycles. The lowest BCUT2D eigenvalue weighted by molar-refractivity contribution is -0.143. The van der Waals surface area contributed by atoms with Crippen LogP contribution in [-0.4, -0.2) is 24.2 Å². The maximum Gasteiger partial charge on any atom is 0.408 e. The SMILES string of the molecule is Cc1ccc(COC(=O)CNC(=O)OC(C)(C)C)cc1. The lowest BCUT2D eigenvalue weighted by Gasteiger charge is -2.19. The van der Waals surface area contributed by atoms with Crippen LogP contribution in [0.2, 0.25) is 0 Å². The van der Waals surface area contributed by atoms with Crippen molar-refractivity contribution >= 4 is 12.1 Å². The molecule has 0 atom stereocenters. The number of benzene rings is 1. The van der Waals surface area contributed by atoms with Crippen molar-refractivity contribution in [2.24, 2.45) is 0 Å². The molecular weight excluding hydrogens is 258 g/mol. The molecule has 0 fully saturated rings. The molecule has 0 saturated heterocycles. The average molecular weight is 279 g/mol. The Bertz CT molecular complexity index is 460. The number of ether oxygens (including phenoxy) is 2. The molecular formula is C15H21NO4. The summed E-state index contributed by atoms with van der Waals surface area (Å²) in [5.74, 6) is -0.503. The summed E-state index contributed by atoms with van der Waals surface area (Å²) in [5, 5.41) is 2.35. The molecule has 5 nitrogen and oxygen atoms in total. The Morgan fingerprint density at radius 2 is 1.75 bits per heavy atom. The van der Waals surface area contributed by atoms with Gasteiger partial charge in [-0.25, -0.2) is 4.79 Å². The van der Waals surface area contributed by atoms with Crippen molar-refractivity contribution in [2.75, 3.05) is 6.54 Å². The Hall–Kier alpha value is -2.04. The molecule has 0 aliphatic rings. The van der Waals surface area contributed by atoms with Crippen LogP contribution in [0.25, 0.3) is 0 Å². The van der Waals surface area contributed by atoms with Gasteiger partial charge in [0.25, 0.3) is 0 Å². The van der Waals surface area contributed by atoms with Gasteiger partial charge in [-0.05, 0) is 33.3 Å². The molecule has 0 heterocycles. The number of aryl methyl sites for hydroxylation is 1. The van der Waals surface area contributed by atoms with Crippen LogP contribution in [0.3, 0.4) is 0 Å². The minimum Gasteiger partial charge on any atom is -0.460 e. The standard InChI is InChI=1S/C15H21NO4/c1-11-5-7-12(8-6-11)10-19-13(17)9-16-14(18)20-15(2,3)4/h5-8H,9-10H2,1-4H3,(H,16,18). The molecule has 1 rings (SSSR count).